The highest BCUT2D eigenvalue weighted by Gasteiger charge is 2.62. The molecule has 19 N–H and O–H groups in total. The van der Waals surface area contributed by atoms with Crippen molar-refractivity contribution in [2.75, 3.05) is 83.7 Å². The van der Waals surface area contributed by atoms with Gasteiger partial charge in [0.15, 0.2) is 143 Å². The Hall–Kier alpha value is -11.5. The van der Waals surface area contributed by atoms with Crippen molar-refractivity contribution in [2.24, 2.45) is 10.7 Å². The van der Waals surface area contributed by atoms with E-state index in [-0.39, 0.29) is 34.4 Å². The molecule has 798 valence electrons. The van der Waals surface area contributed by atoms with Gasteiger partial charge in [-0.05, 0) is 102 Å². The summed E-state index contributed by atoms with van der Waals surface area (Å²) in [7, 11) is 1.46. The number of amides is 1. The maximum absolute atomic E-state index is 14.3. The quantitative estimate of drug-likeness (QED) is 0.0408. The minimum absolute atomic E-state index is 0.171. The zero-order valence-electron chi connectivity index (χ0n) is 81.0. The Bertz CT molecular complexity index is 6470. The Balaban J connectivity index is 0.000000135. The molecule has 0 unspecified atom stereocenters. The Labute approximate surface area is 830 Å². The van der Waals surface area contributed by atoms with Crippen LogP contribution >= 0.6 is 11.6 Å². The maximum Gasteiger partial charge on any atom is 0.250 e. The number of rotatable bonds is 18. The normalized spacial score (nSPS) is 34.4. The largest absolute Gasteiger partial charge is 0.479 e. The van der Waals surface area contributed by atoms with Crippen LogP contribution in [-0.4, -0.2) is 396 Å². The van der Waals surface area contributed by atoms with Crippen LogP contribution in [0.15, 0.2) is 98.2 Å². The number of aryl methyl sites for hydroxylation is 4. The number of anilines is 2. The predicted octanol–water partition coefficient (Wildman–Crippen LogP) is 0.377. The monoisotopic (exact) mass is 2090 g/mol. The Kier molecular flexibility index (Phi) is 32.4. The van der Waals surface area contributed by atoms with Gasteiger partial charge >= 0.3 is 0 Å². The molecule has 0 aliphatic carbocycles. The molecule has 1 amide bonds. The first-order chi connectivity index (χ1) is 68.8. The molecule has 8 fully saturated rings. The summed E-state index contributed by atoms with van der Waals surface area (Å²) in [5.41, 5.74) is 3.17. The number of aliphatic hydroxyl groups is 14. The summed E-state index contributed by atoms with van der Waals surface area (Å²) in [5.74, 6) is 3.57. The number of nitrogens with zero attached hydrogens (tertiary/aromatic N) is 23. The number of hydrogen-bond acceptors (Lipinski definition) is 44. The topological polar surface area (TPSA) is 675 Å². The Morgan fingerprint density at radius 2 is 0.747 bits per heavy atom. The summed E-state index contributed by atoms with van der Waals surface area (Å²) in [4.78, 5) is 78.8. The summed E-state index contributed by atoms with van der Waals surface area (Å²) in [5, 5.41) is 139. The number of aromatic nitrogens is 19. The van der Waals surface area contributed by atoms with Gasteiger partial charge in [0.25, 0.3) is 5.91 Å². The number of nitrogens with two attached hydrogens (primary N) is 2. The van der Waals surface area contributed by atoms with Crippen LogP contribution in [0.5, 0.6) is 11.8 Å². The fraction of sp³-hybridized carbons (Fsp3) is 0.591. The van der Waals surface area contributed by atoms with Crippen LogP contribution < -0.4 is 31.2 Å². The molecule has 10 aromatic rings. The summed E-state index contributed by atoms with van der Waals surface area (Å²) in [6, 6.07) is 1.60. The number of pyridine rings is 1. The third kappa shape index (κ3) is 20.5. The van der Waals surface area contributed by atoms with Crippen LogP contribution in [0.25, 0.3) is 55.8 Å². The van der Waals surface area contributed by atoms with Gasteiger partial charge in [-0.1, -0.05) is 24.8 Å². The molecule has 0 radical (unpaired) electrons. The number of nitrogens with one attached hydrogen (secondary N) is 1. The molecule has 20 rings (SSSR count). The van der Waals surface area contributed by atoms with E-state index in [1.54, 1.807) is 33.8 Å². The number of alkyl halides is 7. The van der Waals surface area contributed by atoms with Gasteiger partial charge < -0.3 is 146 Å². The van der Waals surface area contributed by atoms with E-state index in [2.05, 4.69) is 98.1 Å². The first-order valence-electron chi connectivity index (χ1n) is 45.6. The molecular weight excluding hydrogens is 1970 g/mol. The van der Waals surface area contributed by atoms with E-state index in [0.717, 1.165) is 25.3 Å². The van der Waals surface area contributed by atoms with Gasteiger partial charge in [-0.15, -0.1) is 0 Å². The van der Waals surface area contributed by atoms with Crippen LogP contribution in [0, 0.1) is 27.7 Å². The molecule has 10 aliphatic rings. The molecule has 146 heavy (non-hydrogen) atoms. The Morgan fingerprint density at radius 3 is 1.10 bits per heavy atom. The lowest BCUT2D eigenvalue weighted by Crippen LogP contribution is -2.52. The van der Waals surface area contributed by atoms with Crippen molar-refractivity contribution in [2.45, 2.75) is 258 Å². The van der Waals surface area contributed by atoms with Gasteiger partial charge in [0.1, 0.15) is 134 Å². The average molecular weight is 2090 g/mol. The molecule has 0 bridgehead atoms. The minimum atomic E-state index is -1.83. The zero-order valence-corrected chi connectivity index (χ0v) is 81.7. The van der Waals surface area contributed by atoms with E-state index >= 15 is 0 Å². The first kappa shape index (κ1) is 110. The molecule has 0 spiro atoms. The highest BCUT2D eigenvalue weighted by molar-refractivity contribution is 6.33. The van der Waals surface area contributed by atoms with Crippen LogP contribution in [-0.2, 0) is 38.0 Å². The standard InChI is InChI=1S/C15H20FN5O3.C14H19FN4O4.C13H17FN4O4.C12H14ClFN4O3.C12H15FN4O3.C11H16FN3O3.C11H15FN2O4/c1-8-18-12(20-4-3-5-20)10-13(19-8)21(7-17-10)14-15(2,23)11(16)9(6-22)24-14;1-4-22-12-9-11(17-7(2)18-12)19(6-16-9)13-14(3,21)10(15)8(5-20)23-13;1-6-16-10-8(11(17-6)21-3)15-5-18(10)12-13(2,20)9(14)7(4-19)22-12;1-5-16-9(13)7-10(17-5)18(4-15-7)11-12(2,20)8(14)6(3-19)21-11;1-12(19)9(13)7(4-18)20-11(12)17-5-16-8-6(14)2-3-15-10(8)17;1-6-14-8(13)3-4-15(6)10-11(2,17)9(12)7(5-16)18-10;1-6-13-8(16)3-4-14(6)10-11(2,17)9(12)7(5-15)18-10/h7,9,11,14,22-23H,3-6H2,1-2H3;6,8,10,13,20-21H,4-5H2,1-3H3;5,7,9,12,19-20H,4H2,1-3H3;4,6,8,11,19-20H,3H2,1-2H3;2-3,5,7,9,11,18-19H,4H2,1H3,(H2,14,15);3-4,7,9-10,16-17H,1,5H2,2H3,(H2,13,14);3-4,7,9-10,15,17H,1,5H2,2H3,(H,13,16)/t9-,11-,14-,15-;8-,10-,13+,14-;7-,9+,12-,13-;6-,8-,11+,12+;7-,9-,11-,12-;2*7-,9-,10-,11-/m1111111/s1. The fourth-order valence-electron chi connectivity index (χ4n) is 17.9. The Morgan fingerprint density at radius 1 is 0.432 bits per heavy atom. The first-order valence-corrected chi connectivity index (χ1v) is 46.0. The minimum Gasteiger partial charge on any atom is -0.479 e. The number of methoxy groups -OCH3 is 1. The van der Waals surface area contributed by atoms with Crippen LogP contribution in [0.2, 0.25) is 5.15 Å². The van der Waals surface area contributed by atoms with E-state index < -0.39 is 215 Å². The van der Waals surface area contributed by atoms with E-state index in [4.69, 9.17) is 86.1 Å². The fourth-order valence-corrected chi connectivity index (χ4v) is 18.2. The zero-order chi connectivity index (χ0) is 107. The number of carbonyl (C=O) groups is 1. The number of nitrogen functional groups attached to an aromatic ring is 1. The van der Waals surface area contributed by atoms with Crippen molar-refractivity contribution in [3.63, 3.8) is 0 Å². The highest BCUT2D eigenvalue weighted by Crippen LogP contribution is 2.49. The smallest absolute Gasteiger partial charge is 0.250 e. The second-order valence-electron chi connectivity index (χ2n) is 37.0. The average Bonchev–Trinajstić information content (AvgIpc) is 1.59. The van der Waals surface area contributed by atoms with E-state index in [0.29, 0.717) is 97.3 Å². The number of halogens is 8. The second kappa shape index (κ2) is 43.0. The number of aliphatic hydroxyl groups excluding tert-OH is 7. The van der Waals surface area contributed by atoms with Gasteiger partial charge in [-0.3, -0.25) is 27.6 Å². The van der Waals surface area contributed by atoms with Crippen molar-refractivity contribution in [1.82, 2.24) is 108 Å². The van der Waals surface area contributed by atoms with Gasteiger partial charge in [0, 0.05) is 37.8 Å². The van der Waals surface area contributed by atoms with Gasteiger partial charge in [0.05, 0.1) is 97.3 Å². The lowest BCUT2D eigenvalue weighted by Gasteiger charge is -2.36. The van der Waals surface area contributed by atoms with Crippen molar-refractivity contribution in [1.29, 1.82) is 0 Å². The number of hydrogen-bond donors (Lipinski definition) is 17. The molecule has 10 aromatic heterocycles. The van der Waals surface area contributed by atoms with Gasteiger partial charge in [0.2, 0.25) is 11.8 Å². The predicted molar refractivity (Wildman–Crippen MR) is 497 cm³/mol. The molecule has 8 saturated heterocycles. The highest BCUT2D eigenvalue weighted by atomic mass is 35.5. The molecular formula is C88H116ClF7N26O24. The molecule has 0 aromatic carbocycles. The van der Waals surface area contributed by atoms with Crippen molar-refractivity contribution in [3.05, 3.63) is 122 Å². The van der Waals surface area contributed by atoms with Gasteiger partial charge in [-0.25, -0.2) is 95.5 Å². The van der Waals surface area contributed by atoms with Gasteiger partial charge in [-0.2, -0.15) is 9.97 Å². The number of imidazole rings is 5. The third-order valence-corrected chi connectivity index (χ3v) is 26.2. The van der Waals surface area contributed by atoms with Crippen molar-refractivity contribution < 1.29 is 150 Å². The van der Waals surface area contributed by atoms with Crippen molar-refractivity contribution >= 4 is 90.7 Å². The molecule has 0 saturated carbocycles. The number of fused-ring (bicyclic) bond motifs is 5. The molecule has 20 heterocycles. The lowest BCUT2D eigenvalue weighted by molar-refractivity contribution is -0.123. The summed E-state index contributed by atoms with van der Waals surface area (Å²) >= 11 is 5.99. The maximum atomic E-state index is 14.3. The van der Waals surface area contributed by atoms with Crippen LogP contribution in [0.4, 0.5) is 42.2 Å². The third-order valence-electron chi connectivity index (χ3n) is 25.9. The molecule has 28 atom stereocenters. The number of carbonyl (C=O) groups excluding carboxylic acids is 1. The van der Waals surface area contributed by atoms with E-state index in [1.807, 2.05) is 6.92 Å². The van der Waals surface area contributed by atoms with E-state index in [1.165, 1.54) is 151 Å². The van der Waals surface area contributed by atoms with E-state index in [9.17, 15) is 86.6 Å². The van der Waals surface area contributed by atoms with Crippen molar-refractivity contribution in [3.8, 4) is 11.8 Å². The summed E-state index contributed by atoms with van der Waals surface area (Å²) < 4.78 is 154. The molecule has 58 heteroatoms. The number of aliphatic imine (C=N–C) groups is 1. The van der Waals surface area contributed by atoms with Crippen LogP contribution in [0.3, 0.4) is 0 Å². The summed E-state index contributed by atoms with van der Waals surface area (Å²) in [6.45, 7) is 23.7. The molecule has 50 nitrogen and oxygen atoms in total. The lowest BCUT2D eigenvalue weighted by atomic mass is 9.97. The SMILES string of the molecule is C=C1N=C(N)C=CN1[C@@H]1O[C@H](CO)[C@@H](F)[C@@]1(C)O.C=C1NC(=O)C=CN1[C@@H]1O[C@H](CO)[C@@H](F)[C@@]1(C)O.CCOc1nc(C)nc2c1ncn2[C@H]1O[C@H](CO)[C@@H](F)[C@@]1(C)O.COc1nc(C)nc2c1ncn2[C@@H]1O[C@H](CO)[C@H](F)[C@@]1(C)O.C[C@@]1(O)[C@H](F)[C@@H](CO)O[C@H]1n1cnc2c(N)ccnc21.Cc1nc(Cl)c2ncn([C@H]3O[C@H](CO)[C@@H](F)[C@]3(C)O)c2n1.Cc1nc(N2CCC2)c2ncn([C@@H]3O[C@H](CO)[C@@H](F)[C@@]3(C)O)c2n1. The number of ether oxygens (including phenoxy) is 9. The molecule has 10 aliphatic heterocycles. The van der Waals surface area contributed by atoms with Crippen LogP contribution in [0.1, 0.15) is 116 Å². The second-order valence-corrected chi connectivity index (χ2v) is 37.4. The summed E-state index contributed by atoms with van der Waals surface area (Å²) in [6.07, 6.45) is -11.9. The number of amidine groups is 1.